The van der Waals surface area contributed by atoms with Gasteiger partial charge in [-0.2, -0.15) is 0 Å². The number of allylic oxidation sites excluding steroid dienone is 18. The number of ether oxygens (including phenoxy) is 1. The van der Waals surface area contributed by atoms with Crippen LogP contribution in [-0.4, -0.2) is 23.4 Å². The van der Waals surface area contributed by atoms with Crippen LogP contribution in [0.4, 0.5) is 0 Å². The predicted octanol–water partition coefficient (Wildman–Crippen LogP) is 15.7. The van der Waals surface area contributed by atoms with Crippen molar-refractivity contribution >= 4 is 0 Å². The summed E-state index contributed by atoms with van der Waals surface area (Å²) >= 11 is 0. The first-order valence-electron chi connectivity index (χ1n) is 20.9. The average molecular weight is 715 g/mol. The van der Waals surface area contributed by atoms with E-state index in [0.29, 0.717) is 0 Å². The van der Waals surface area contributed by atoms with Crippen LogP contribution in [-0.2, 0) is 4.74 Å². The Labute approximate surface area is 323 Å². The molecule has 0 radical (unpaired) electrons. The van der Waals surface area contributed by atoms with Gasteiger partial charge in [0.25, 0.3) is 0 Å². The molecule has 0 aromatic rings. The Hall–Kier alpha value is -2.42. The van der Waals surface area contributed by atoms with Gasteiger partial charge in [-0.3, -0.25) is 0 Å². The lowest BCUT2D eigenvalue weighted by atomic mass is 10.00. The van der Waals surface area contributed by atoms with Crippen molar-refractivity contribution in [2.24, 2.45) is 0 Å². The third-order valence-corrected chi connectivity index (χ3v) is 10.6. The van der Waals surface area contributed by atoms with Crippen LogP contribution in [0.5, 0.6) is 0 Å². The minimum Gasteiger partial charge on any atom is -0.394 e. The fraction of sp³-hybridized carbons (Fsp3) is 0.640. The standard InChI is InChI=1S/C50H82O2/c1-40(2)21-12-22-41(3)23-13-24-42(4)25-14-26-43(5)27-15-28-44(6)29-16-30-45(7)31-17-32-46(8)33-18-34-47(9)35-19-36-48(10)37-20-38-50(11)49(39-51)52-50/h21,23,25,27,29,31,33,35,37,49,51H,12-20,22,24,26,28,30,32,34,36,38-39H2,1-11H3. The number of aliphatic hydroxyl groups excluding tert-OH is 1. The summed E-state index contributed by atoms with van der Waals surface area (Å²) in [5.41, 5.74) is 13.4. The lowest BCUT2D eigenvalue weighted by molar-refractivity contribution is 0.235. The molecule has 0 aliphatic carbocycles. The smallest absolute Gasteiger partial charge is 0.110 e. The van der Waals surface area contributed by atoms with Gasteiger partial charge in [0.05, 0.1) is 12.2 Å². The molecule has 294 valence electrons. The summed E-state index contributed by atoms with van der Waals surface area (Å²) in [5.74, 6) is 0. The van der Waals surface area contributed by atoms with Crippen molar-refractivity contribution in [2.45, 2.75) is 203 Å². The van der Waals surface area contributed by atoms with Crippen molar-refractivity contribution in [1.82, 2.24) is 0 Å². The quantitative estimate of drug-likeness (QED) is 0.0646. The minimum atomic E-state index is -0.0992. The molecule has 1 aliphatic rings. The Morgan fingerprint density at radius 2 is 0.635 bits per heavy atom. The van der Waals surface area contributed by atoms with Gasteiger partial charge in [-0.1, -0.05) is 105 Å². The summed E-state index contributed by atoms with van der Waals surface area (Å²) in [5, 5.41) is 9.23. The van der Waals surface area contributed by atoms with Gasteiger partial charge in [0, 0.05) is 0 Å². The highest BCUT2D eigenvalue weighted by molar-refractivity contribution is 5.11. The third kappa shape index (κ3) is 25.5. The average Bonchev–Trinajstić information content (AvgIpc) is 3.74. The highest BCUT2D eigenvalue weighted by Gasteiger charge is 2.50. The summed E-state index contributed by atoms with van der Waals surface area (Å²) in [4.78, 5) is 0. The van der Waals surface area contributed by atoms with E-state index in [9.17, 15) is 5.11 Å². The van der Waals surface area contributed by atoms with Crippen molar-refractivity contribution < 1.29 is 9.84 Å². The number of epoxide rings is 1. The highest BCUT2D eigenvalue weighted by Crippen LogP contribution is 2.40. The molecule has 1 N–H and O–H groups in total. The molecule has 2 heteroatoms. The molecule has 52 heavy (non-hydrogen) atoms. The van der Waals surface area contributed by atoms with Crippen LogP contribution in [0.3, 0.4) is 0 Å². The Kier molecular flexibility index (Phi) is 25.7. The summed E-state index contributed by atoms with van der Waals surface area (Å²) in [6, 6.07) is 0. The largest absolute Gasteiger partial charge is 0.394 e. The van der Waals surface area contributed by atoms with E-state index in [1.54, 1.807) is 0 Å². The van der Waals surface area contributed by atoms with Crippen LogP contribution in [0.15, 0.2) is 105 Å². The van der Waals surface area contributed by atoms with Gasteiger partial charge in [0.1, 0.15) is 6.10 Å². The molecule has 2 unspecified atom stereocenters. The maximum absolute atomic E-state index is 9.23. The molecule has 0 amide bonds. The maximum atomic E-state index is 9.23. The van der Waals surface area contributed by atoms with Crippen molar-refractivity contribution in [3.63, 3.8) is 0 Å². The molecule has 0 spiro atoms. The Balaban J connectivity index is 2.20. The van der Waals surface area contributed by atoms with Gasteiger partial charge < -0.3 is 9.84 Å². The monoisotopic (exact) mass is 715 g/mol. The number of hydrogen-bond donors (Lipinski definition) is 1. The first kappa shape index (κ1) is 47.6. The fourth-order valence-corrected chi connectivity index (χ4v) is 6.58. The van der Waals surface area contributed by atoms with Crippen molar-refractivity contribution in [3.05, 3.63) is 105 Å². The zero-order valence-corrected chi connectivity index (χ0v) is 36.1. The van der Waals surface area contributed by atoms with Crippen molar-refractivity contribution in [2.75, 3.05) is 6.61 Å². The Morgan fingerprint density at radius 3 is 0.846 bits per heavy atom. The zero-order chi connectivity index (χ0) is 38.8. The summed E-state index contributed by atoms with van der Waals surface area (Å²) in [6.45, 7) is 24.9. The lowest BCUT2D eigenvalue weighted by Crippen LogP contribution is -2.11. The molecule has 1 saturated heterocycles. The predicted molar refractivity (Wildman–Crippen MR) is 233 cm³/mol. The van der Waals surface area contributed by atoms with E-state index in [0.717, 1.165) is 70.6 Å². The van der Waals surface area contributed by atoms with Crippen LogP contribution in [0.1, 0.15) is 192 Å². The van der Waals surface area contributed by atoms with E-state index in [1.165, 1.54) is 95.1 Å². The zero-order valence-electron chi connectivity index (χ0n) is 36.1. The highest BCUT2D eigenvalue weighted by atomic mass is 16.6. The first-order valence-corrected chi connectivity index (χ1v) is 20.9. The van der Waals surface area contributed by atoms with Gasteiger partial charge in [0.15, 0.2) is 0 Å². The van der Waals surface area contributed by atoms with E-state index in [-0.39, 0.29) is 18.3 Å². The van der Waals surface area contributed by atoms with Crippen LogP contribution < -0.4 is 0 Å². The van der Waals surface area contributed by atoms with Crippen LogP contribution >= 0.6 is 0 Å². The molecule has 1 fully saturated rings. The van der Waals surface area contributed by atoms with Crippen LogP contribution in [0, 0.1) is 0 Å². The molecule has 0 bridgehead atoms. The van der Waals surface area contributed by atoms with Gasteiger partial charge in [-0.15, -0.1) is 0 Å². The third-order valence-electron chi connectivity index (χ3n) is 10.6. The van der Waals surface area contributed by atoms with Crippen LogP contribution in [0.25, 0.3) is 0 Å². The summed E-state index contributed by atoms with van der Waals surface area (Å²) < 4.78 is 5.60. The fourth-order valence-electron chi connectivity index (χ4n) is 6.58. The molecule has 1 aliphatic heterocycles. The Morgan fingerprint density at radius 1 is 0.404 bits per heavy atom. The summed E-state index contributed by atoms with van der Waals surface area (Å²) in [6.07, 6.45) is 42.4. The summed E-state index contributed by atoms with van der Waals surface area (Å²) in [7, 11) is 0. The molecular weight excluding hydrogens is 633 g/mol. The molecular formula is C50H82O2. The second-order valence-electron chi connectivity index (χ2n) is 16.6. The number of hydrogen-bond acceptors (Lipinski definition) is 2. The van der Waals surface area contributed by atoms with E-state index >= 15 is 0 Å². The van der Waals surface area contributed by atoms with E-state index in [4.69, 9.17) is 4.74 Å². The Bertz CT molecular complexity index is 1300. The molecule has 1 heterocycles. The topological polar surface area (TPSA) is 32.8 Å². The normalized spacial score (nSPS) is 19.8. The molecule has 0 saturated carbocycles. The minimum absolute atomic E-state index is 0.0456. The van der Waals surface area contributed by atoms with Gasteiger partial charge in [-0.05, 0) is 192 Å². The van der Waals surface area contributed by atoms with E-state index in [2.05, 4.69) is 131 Å². The van der Waals surface area contributed by atoms with E-state index < -0.39 is 0 Å². The van der Waals surface area contributed by atoms with Gasteiger partial charge in [-0.25, -0.2) is 0 Å². The second kappa shape index (κ2) is 28.1. The lowest BCUT2D eigenvalue weighted by Gasteiger charge is -2.05. The molecule has 1 rings (SSSR count). The molecule has 0 aromatic carbocycles. The van der Waals surface area contributed by atoms with Gasteiger partial charge in [0.2, 0.25) is 0 Å². The molecule has 0 aromatic heterocycles. The number of aliphatic hydroxyl groups is 1. The van der Waals surface area contributed by atoms with E-state index in [1.807, 2.05) is 0 Å². The number of rotatable bonds is 28. The molecule has 2 atom stereocenters. The van der Waals surface area contributed by atoms with Gasteiger partial charge >= 0.3 is 0 Å². The van der Waals surface area contributed by atoms with Crippen molar-refractivity contribution in [3.8, 4) is 0 Å². The SMILES string of the molecule is CC(C)=CCCC(C)=CCCC(C)=CCCC(C)=CCCC(C)=CCCC(C)=CCCC(C)=CCCC(C)=CCCC(C)=CCCC1(C)OC1CO. The first-order chi connectivity index (χ1) is 24.7. The molecule has 2 nitrogen and oxygen atoms in total. The maximum Gasteiger partial charge on any atom is 0.110 e. The second-order valence-corrected chi connectivity index (χ2v) is 16.6. The van der Waals surface area contributed by atoms with Crippen molar-refractivity contribution in [1.29, 1.82) is 0 Å². The van der Waals surface area contributed by atoms with Crippen LogP contribution in [0.2, 0.25) is 0 Å².